The Morgan fingerprint density at radius 2 is 0.925 bits per heavy atom. The maximum Gasteiger partial charge on any atom is 0.518 e. The quantitative estimate of drug-likeness (QED) is 0.359. The molecular formula is C37H30O3. The van der Waals surface area contributed by atoms with Gasteiger partial charge in [-0.25, -0.2) is 4.79 Å². The summed E-state index contributed by atoms with van der Waals surface area (Å²) >= 11 is 0. The van der Waals surface area contributed by atoms with E-state index in [2.05, 4.69) is 84.9 Å². The van der Waals surface area contributed by atoms with E-state index in [1.807, 2.05) is 0 Å². The zero-order valence-electron chi connectivity index (χ0n) is 22.5. The van der Waals surface area contributed by atoms with Gasteiger partial charge in [-0.2, -0.15) is 0 Å². The maximum absolute atomic E-state index is 13.2. The summed E-state index contributed by atoms with van der Waals surface area (Å²) in [7, 11) is 0. The van der Waals surface area contributed by atoms with E-state index in [4.69, 9.17) is 9.47 Å². The summed E-state index contributed by atoms with van der Waals surface area (Å²) in [5.74, 6) is 1.47. The lowest BCUT2D eigenvalue weighted by molar-refractivity contribution is 0.126. The summed E-state index contributed by atoms with van der Waals surface area (Å²) < 4.78 is 11.9. The van der Waals surface area contributed by atoms with Gasteiger partial charge in [0.2, 0.25) is 0 Å². The van der Waals surface area contributed by atoms with E-state index in [1.54, 1.807) is 0 Å². The number of carbonyl (C=O) groups is 1. The number of benzene rings is 4. The van der Waals surface area contributed by atoms with Crippen LogP contribution in [0.2, 0.25) is 0 Å². The average molecular weight is 523 g/mol. The lowest BCUT2D eigenvalue weighted by Gasteiger charge is -2.22. The van der Waals surface area contributed by atoms with Gasteiger partial charge in [0.15, 0.2) is 0 Å². The summed E-state index contributed by atoms with van der Waals surface area (Å²) in [4.78, 5) is 13.2. The van der Waals surface area contributed by atoms with E-state index < -0.39 is 6.16 Å². The lowest BCUT2D eigenvalue weighted by Crippen LogP contribution is -2.26. The van der Waals surface area contributed by atoms with Crippen molar-refractivity contribution in [1.82, 2.24) is 0 Å². The summed E-state index contributed by atoms with van der Waals surface area (Å²) in [6.45, 7) is 0. The third-order valence-electron chi connectivity index (χ3n) is 9.09. The zero-order valence-corrected chi connectivity index (χ0v) is 22.5. The Bertz CT molecular complexity index is 2030. The molecule has 40 heavy (non-hydrogen) atoms. The van der Waals surface area contributed by atoms with E-state index in [0.717, 1.165) is 73.3 Å². The zero-order chi connectivity index (χ0) is 26.6. The van der Waals surface area contributed by atoms with E-state index >= 15 is 0 Å². The number of hydrogen-bond donors (Lipinski definition) is 0. The van der Waals surface area contributed by atoms with Gasteiger partial charge in [0.1, 0.15) is 11.5 Å². The molecule has 0 saturated heterocycles. The number of fused-ring (bicyclic) bond motifs is 8. The van der Waals surface area contributed by atoms with Crippen molar-refractivity contribution in [2.75, 3.05) is 0 Å². The molecule has 0 N–H and O–H groups in total. The largest absolute Gasteiger partial charge is 0.518 e. The molecule has 0 heterocycles. The van der Waals surface area contributed by atoms with Crippen LogP contribution >= 0.6 is 0 Å². The Balaban J connectivity index is 1.17. The fourth-order valence-electron chi connectivity index (χ4n) is 7.27. The minimum absolute atomic E-state index is 0.616. The van der Waals surface area contributed by atoms with E-state index in [9.17, 15) is 4.79 Å². The van der Waals surface area contributed by atoms with E-state index in [1.165, 1.54) is 53.6 Å². The second-order valence-electron chi connectivity index (χ2n) is 11.2. The third-order valence-corrected chi connectivity index (χ3v) is 9.09. The number of rotatable bonds is 2. The van der Waals surface area contributed by atoms with Crippen molar-refractivity contribution < 1.29 is 14.3 Å². The molecule has 0 bridgehead atoms. The molecule has 196 valence electrons. The highest BCUT2D eigenvalue weighted by molar-refractivity contribution is 5.72. The molecule has 0 fully saturated rings. The minimum atomic E-state index is -0.616. The number of ether oxygens (including phenoxy) is 2. The molecule has 4 aliphatic rings. The smallest absolute Gasteiger partial charge is 0.399 e. The van der Waals surface area contributed by atoms with Crippen molar-refractivity contribution >= 4 is 29.8 Å². The second-order valence-corrected chi connectivity index (χ2v) is 11.2. The average Bonchev–Trinajstić information content (AvgIpc) is 3.00. The Morgan fingerprint density at radius 3 is 1.43 bits per heavy atom. The third kappa shape index (κ3) is 3.76. The number of hydrogen-bond acceptors (Lipinski definition) is 3. The standard InChI is InChI=1S/C37H30O3/c38-37(39-35-13-5-11-27-31-17-15-23-7-1-3-9-25(23)29(31)19-21-33(27)35)40-36-14-6-12-28-32-18-16-24-8-2-4-10-26(24)30(32)20-22-34(28)36/h1-4,7-10,15-16,19-22H,5-6,11-14,17-18H2. The molecule has 3 nitrogen and oxygen atoms in total. The van der Waals surface area contributed by atoms with Crippen molar-refractivity contribution in [3.63, 3.8) is 0 Å². The van der Waals surface area contributed by atoms with Gasteiger partial charge in [-0.15, -0.1) is 0 Å². The van der Waals surface area contributed by atoms with Gasteiger partial charge in [-0.1, -0.05) is 84.9 Å². The van der Waals surface area contributed by atoms with Crippen molar-refractivity contribution in [1.29, 1.82) is 0 Å². The van der Waals surface area contributed by atoms with Gasteiger partial charge in [-0.3, -0.25) is 0 Å². The molecule has 0 saturated carbocycles. The molecule has 0 unspecified atom stereocenters. The first-order valence-electron chi connectivity index (χ1n) is 14.5. The monoisotopic (exact) mass is 522 g/mol. The summed E-state index contributed by atoms with van der Waals surface area (Å²) in [5.41, 5.74) is 5.36. The Hall–Kier alpha value is -4.37. The second kappa shape index (κ2) is 9.38. The topological polar surface area (TPSA) is 35.5 Å². The fraction of sp³-hybridized carbons (Fsp3) is 0.216. The molecule has 0 atom stereocenters. The molecule has 0 spiro atoms. The Kier molecular flexibility index (Phi) is 5.51. The van der Waals surface area contributed by atoms with Gasteiger partial charge in [0.05, 0.1) is 0 Å². The minimum Gasteiger partial charge on any atom is -0.399 e. The van der Waals surface area contributed by atoms with Gasteiger partial charge in [0, 0.05) is 23.3 Å². The van der Waals surface area contributed by atoms with Gasteiger partial charge >= 0.3 is 6.16 Å². The first-order valence-corrected chi connectivity index (χ1v) is 14.5. The molecular weight excluding hydrogens is 492 g/mol. The van der Waals surface area contributed by atoms with Crippen LogP contribution in [0.1, 0.15) is 47.9 Å². The van der Waals surface area contributed by atoms with Crippen molar-refractivity contribution in [3.8, 4) is 0 Å². The fourth-order valence-corrected chi connectivity index (χ4v) is 7.27. The predicted molar refractivity (Wildman–Crippen MR) is 156 cm³/mol. The Morgan fingerprint density at radius 1 is 0.475 bits per heavy atom. The molecule has 4 aromatic rings. The van der Waals surface area contributed by atoms with Gasteiger partial charge < -0.3 is 9.47 Å². The van der Waals surface area contributed by atoms with Crippen LogP contribution in [-0.4, -0.2) is 6.16 Å². The molecule has 8 rings (SSSR count). The number of carbonyl (C=O) groups excluding carboxylic acids is 1. The molecule has 4 aromatic carbocycles. The molecule has 0 aromatic heterocycles. The predicted octanol–water partition coefficient (Wildman–Crippen LogP) is 4.68. The van der Waals surface area contributed by atoms with Crippen LogP contribution in [0.25, 0.3) is 23.7 Å². The highest BCUT2D eigenvalue weighted by Crippen LogP contribution is 2.25. The first-order chi connectivity index (χ1) is 19.7. The van der Waals surface area contributed by atoms with Crippen LogP contribution in [0.3, 0.4) is 0 Å². The van der Waals surface area contributed by atoms with Crippen LogP contribution < -0.4 is 20.9 Å². The van der Waals surface area contributed by atoms with Crippen LogP contribution in [0.5, 0.6) is 0 Å². The van der Waals surface area contributed by atoms with E-state index in [-0.39, 0.29) is 0 Å². The van der Waals surface area contributed by atoms with Crippen LogP contribution in [0, 0.1) is 20.9 Å². The SMILES string of the molecule is O=C(OC1=c2ccc3c(c2CCC1)CC=c1ccccc1=3)OC1=c2ccc3c(c2CCC1)CC=c1ccccc1=3. The maximum atomic E-state index is 13.2. The summed E-state index contributed by atoms with van der Waals surface area (Å²) in [5, 5.41) is 9.89. The molecule has 0 aliphatic heterocycles. The highest BCUT2D eigenvalue weighted by Gasteiger charge is 2.22. The van der Waals surface area contributed by atoms with Crippen LogP contribution in [0.4, 0.5) is 4.79 Å². The van der Waals surface area contributed by atoms with Crippen LogP contribution in [-0.2, 0) is 35.2 Å². The first kappa shape index (κ1) is 23.5. The highest BCUT2D eigenvalue weighted by atomic mass is 16.7. The molecule has 0 radical (unpaired) electrons. The van der Waals surface area contributed by atoms with Gasteiger partial charge in [0.25, 0.3) is 0 Å². The van der Waals surface area contributed by atoms with Crippen LogP contribution in [0.15, 0.2) is 72.8 Å². The lowest BCUT2D eigenvalue weighted by atomic mass is 9.88. The van der Waals surface area contributed by atoms with Crippen molar-refractivity contribution in [2.45, 2.75) is 51.4 Å². The molecule has 4 aliphatic carbocycles. The molecule has 3 heteroatoms. The normalized spacial score (nSPS) is 16.1. The summed E-state index contributed by atoms with van der Waals surface area (Å²) in [6.07, 6.45) is 11.3. The molecule has 0 amide bonds. The van der Waals surface area contributed by atoms with E-state index in [0.29, 0.717) is 0 Å². The Labute approximate surface area is 232 Å². The van der Waals surface area contributed by atoms with Gasteiger partial charge in [-0.05, 0) is 92.1 Å². The van der Waals surface area contributed by atoms with Crippen molar-refractivity contribution in [2.24, 2.45) is 0 Å². The van der Waals surface area contributed by atoms with Crippen molar-refractivity contribution in [3.05, 3.63) is 137 Å². The summed E-state index contributed by atoms with van der Waals surface area (Å²) in [6, 6.07) is 25.8.